The van der Waals surface area contributed by atoms with E-state index in [2.05, 4.69) is 50.2 Å². The van der Waals surface area contributed by atoms with Gasteiger partial charge in [-0.25, -0.2) is 4.39 Å². The van der Waals surface area contributed by atoms with E-state index < -0.39 is 0 Å². The monoisotopic (exact) mass is 385 g/mol. The van der Waals surface area contributed by atoms with E-state index >= 15 is 0 Å². The largest absolute Gasteiger partial charge is 0.306 e. The van der Waals surface area contributed by atoms with E-state index in [-0.39, 0.29) is 11.9 Å². The van der Waals surface area contributed by atoms with E-state index in [1.54, 1.807) is 6.07 Å². The fourth-order valence-corrected chi connectivity index (χ4v) is 2.83. The van der Waals surface area contributed by atoms with Crippen molar-refractivity contribution < 1.29 is 4.39 Å². The third-order valence-electron chi connectivity index (χ3n) is 2.99. The molecule has 0 fully saturated rings. The van der Waals surface area contributed by atoms with E-state index in [1.165, 1.54) is 11.6 Å². The third-order valence-corrected chi connectivity index (χ3v) is 4.20. The first-order valence-electron chi connectivity index (χ1n) is 5.99. The van der Waals surface area contributed by atoms with Crippen LogP contribution in [0.5, 0.6) is 0 Å². The average molecular weight is 387 g/mol. The van der Waals surface area contributed by atoms with Crippen LogP contribution in [0.1, 0.15) is 24.1 Å². The highest BCUT2D eigenvalue weighted by molar-refractivity contribution is 9.10. The van der Waals surface area contributed by atoms with E-state index in [4.69, 9.17) is 0 Å². The topological polar surface area (TPSA) is 12.0 Å². The molecule has 0 saturated carbocycles. The summed E-state index contributed by atoms with van der Waals surface area (Å²) in [5.41, 5.74) is 1.84. The maximum absolute atomic E-state index is 13.7. The van der Waals surface area contributed by atoms with Crippen molar-refractivity contribution in [3.8, 4) is 0 Å². The highest BCUT2D eigenvalue weighted by atomic mass is 79.9. The van der Waals surface area contributed by atoms with Gasteiger partial charge in [-0.15, -0.1) is 0 Å². The van der Waals surface area contributed by atoms with Crippen LogP contribution in [0, 0.1) is 5.82 Å². The zero-order valence-corrected chi connectivity index (χ0v) is 13.6. The van der Waals surface area contributed by atoms with Crippen LogP contribution in [-0.2, 0) is 6.54 Å². The minimum atomic E-state index is -0.193. The van der Waals surface area contributed by atoms with Gasteiger partial charge in [-0.2, -0.15) is 0 Å². The van der Waals surface area contributed by atoms with Crippen molar-refractivity contribution in [2.75, 3.05) is 0 Å². The van der Waals surface area contributed by atoms with Gasteiger partial charge >= 0.3 is 0 Å². The molecule has 1 atom stereocenters. The van der Waals surface area contributed by atoms with Gasteiger partial charge in [-0.1, -0.05) is 56.1 Å². The first-order chi connectivity index (χ1) is 9.08. The second-order valence-corrected chi connectivity index (χ2v) is 6.13. The third kappa shape index (κ3) is 3.88. The number of rotatable bonds is 4. The van der Waals surface area contributed by atoms with Crippen molar-refractivity contribution in [2.45, 2.75) is 19.5 Å². The zero-order valence-electron chi connectivity index (χ0n) is 10.5. The predicted molar refractivity (Wildman–Crippen MR) is 83.5 cm³/mol. The van der Waals surface area contributed by atoms with Crippen LogP contribution in [0.3, 0.4) is 0 Å². The number of hydrogen-bond acceptors (Lipinski definition) is 1. The Morgan fingerprint density at radius 2 is 1.89 bits per heavy atom. The normalized spacial score (nSPS) is 12.4. The molecule has 0 bridgehead atoms. The van der Waals surface area contributed by atoms with Crippen LogP contribution in [0.25, 0.3) is 0 Å². The van der Waals surface area contributed by atoms with Crippen molar-refractivity contribution >= 4 is 31.9 Å². The molecule has 0 aliphatic rings. The Kier molecular flexibility index (Phi) is 5.13. The molecule has 1 N–H and O–H groups in total. The summed E-state index contributed by atoms with van der Waals surface area (Å²) >= 11 is 6.78. The molecule has 0 aromatic heterocycles. The highest BCUT2D eigenvalue weighted by Crippen LogP contribution is 2.23. The summed E-state index contributed by atoms with van der Waals surface area (Å²) in [6.45, 7) is 2.57. The molecular formula is C15H14Br2FN. The Bertz CT molecular complexity index is 572. The molecule has 0 radical (unpaired) electrons. The summed E-state index contributed by atoms with van der Waals surface area (Å²) in [4.78, 5) is 0. The fraction of sp³-hybridized carbons (Fsp3) is 0.200. The molecule has 0 heterocycles. The van der Waals surface area contributed by atoms with E-state index in [1.807, 2.05) is 24.3 Å². The van der Waals surface area contributed by atoms with E-state index in [9.17, 15) is 4.39 Å². The number of hydrogen-bond donors (Lipinski definition) is 1. The van der Waals surface area contributed by atoms with Gasteiger partial charge in [-0.05, 0) is 30.7 Å². The summed E-state index contributed by atoms with van der Waals surface area (Å²) in [5.74, 6) is -0.193. The number of halogens is 3. The summed E-state index contributed by atoms with van der Waals surface area (Å²) in [7, 11) is 0. The lowest BCUT2D eigenvalue weighted by molar-refractivity contribution is 0.543. The van der Waals surface area contributed by atoms with Gasteiger partial charge < -0.3 is 5.32 Å². The van der Waals surface area contributed by atoms with Gasteiger partial charge in [0, 0.05) is 27.1 Å². The minimum Gasteiger partial charge on any atom is -0.306 e. The Morgan fingerprint density at radius 3 is 2.58 bits per heavy atom. The molecule has 0 spiro atoms. The van der Waals surface area contributed by atoms with Gasteiger partial charge in [0.15, 0.2) is 0 Å². The Balaban J connectivity index is 2.04. The van der Waals surface area contributed by atoms with Crippen LogP contribution in [0.4, 0.5) is 4.39 Å². The predicted octanol–water partition coefficient (Wildman–Crippen LogP) is 5.20. The molecule has 2 aromatic rings. The molecule has 2 rings (SSSR count). The first kappa shape index (κ1) is 14.7. The molecule has 100 valence electrons. The second-order valence-electron chi connectivity index (χ2n) is 4.36. The van der Waals surface area contributed by atoms with Crippen LogP contribution >= 0.6 is 31.9 Å². The van der Waals surface area contributed by atoms with Gasteiger partial charge in [0.2, 0.25) is 0 Å². The van der Waals surface area contributed by atoms with E-state index in [0.29, 0.717) is 12.1 Å². The standard InChI is InChI=1S/C15H14Br2FN/c1-10(13-4-2-3-5-14(13)17)19-9-11-6-7-12(16)8-15(11)18/h2-8,10,19H,9H2,1H3/t10-/m0/s1. The van der Waals surface area contributed by atoms with Crippen LogP contribution < -0.4 is 5.32 Å². The van der Waals surface area contributed by atoms with Gasteiger partial charge in [-0.3, -0.25) is 0 Å². The lowest BCUT2D eigenvalue weighted by Gasteiger charge is -2.16. The van der Waals surface area contributed by atoms with Crippen LogP contribution in [0.2, 0.25) is 0 Å². The Labute approximate surface area is 129 Å². The lowest BCUT2D eigenvalue weighted by atomic mass is 10.1. The quantitative estimate of drug-likeness (QED) is 0.761. The highest BCUT2D eigenvalue weighted by Gasteiger charge is 2.09. The SMILES string of the molecule is C[C@H](NCc1ccc(Br)cc1F)c1ccccc1Br. The van der Waals surface area contributed by atoms with Crippen molar-refractivity contribution in [1.82, 2.24) is 5.32 Å². The van der Waals surface area contributed by atoms with Gasteiger partial charge in [0.1, 0.15) is 5.82 Å². The molecular weight excluding hydrogens is 373 g/mol. The van der Waals surface area contributed by atoms with Crippen LogP contribution in [-0.4, -0.2) is 0 Å². The van der Waals surface area contributed by atoms with Gasteiger partial charge in [0.25, 0.3) is 0 Å². The van der Waals surface area contributed by atoms with Crippen molar-refractivity contribution in [3.63, 3.8) is 0 Å². The molecule has 0 aliphatic heterocycles. The smallest absolute Gasteiger partial charge is 0.128 e. The van der Waals surface area contributed by atoms with E-state index in [0.717, 1.165) is 8.95 Å². The molecule has 0 unspecified atom stereocenters. The Hall–Kier alpha value is -0.710. The fourth-order valence-electron chi connectivity index (χ4n) is 1.86. The summed E-state index contributed by atoms with van der Waals surface area (Å²) < 4.78 is 15.5. The lowest BCUT2D eigenvalue weighted by Crippen LogP contribution is -2.19. The number of benzene rings is 2. The summed E-state index contributed by atoms with van der Waals surface area (Å²) in [5, 5.41) is 3.33. The summed E-state index contributed by atoms with van der Waals surface area (Å²) in [6, 6.07) is 13.3. The molecule has 2 aromatic carbocycles. The zero-order chi connectivity index (χ0) is 13.8. The molecule has 0 amide bonds. The van der Waals surface area contributed by atoms with Crippen LogP contribution in [0.15, 0.2) is 51.4 Å². The maximum atomic E-state index is 13.7. The minimum absolute atomic E-state index is 0.152. The maximum Gasteiger partial charge on any atom is 0.128 e. The molecule has 1 nitrogen and oxygen atoms in total. The van der Waals surface area contributed by atoms with Crippen molar-refractivity contribution in [3.05, 3.63) is 68.4 Å². The molecule has 19 heavy (non-hydrogen) atoms. The average Bonchev–Trinajstić information content (AvgIpc) is 2.38. The molecule has 0 saturated heterocycles. The summed E-state index contributed by atoms with van der Waals surface area (Å²) in [6.07, 6.45) is 0. The molecule has 0 aliphatic carbocycles. The second kappa shape index (κ2) is 6.64. The number of nitrogens with one attached hydrogen (secondary N) is 1. The van der Waals surface area contributed by atoms with Crippen molar-refractivity contribution in [2.24, 2.45) is 0 Å². The Morgan fingerprint density at radius 1 is 1.16 bits per heavy atom. The first-order valence-corrected chi connectivity index (χ1v) is 7.58. The van der Waals surface area contributed by atoms with Crippen molar-refractivity contribution in [1.29, 1.82) is 0 Å². The van der Waals surface area contributed by atoms with Gasteiger partial charge in [0.05, 0.1) is 0 Å². The molecule has 4 heteroatoms.